The maximum Gasteiger partial charge on any atom is 0.472 e. The molecule has 0 amide bonds. The third kappa shape index (κ3) is 22.5. The van der Waals surface area contributed by atoms with E-state index in [1.807, 2.05) is 0 Å². The summed E-state index contributed by atoms with van der Waals surface area (Å²) in [6.45, 7) is 2.31. The number of allylic oxidation sites excluding steroid dienone is 4. The van der Waals surface area contributed by atoms with Crippen LogP contribution in [0.2, 0.25) is 0 Å². The highest BCUT2D eigenvalue weighted by Crippen LogP contribution is 2.42. The fraction of sp³-hybridized carbons (Fsp3) is 0.826. The topological polar surface area (TPSA) is 111 Å². The summed E-state index contributed by atoms with van der Waals surface area (Å²) in [5.41, 5.74) is 5.21. The van der Waals surface area contributed by atoms with E-state index in [-0.39, 0.29) is 26.4 Å². The van der Waals surface area contributed by atoms with Crippen LogP contribution in [0, 0.1) is 0 Å². The molecule has 0 aliphatic carbocycles. The second-order valence-electron chi connectivity index (χ2n) is 7.65. The molecule has 0 spiro atoms. The van der Waals surface area contributed by atoms with Gasteiger partial charge in [0.25, 0.3) is 0 Å². The highest BCUT2D eigenvalue weighted by molar-refractivity contribution is 7.47. The number of aliphatic hydroxyl groups is 1. The van der Waals surface area contributed by atoms with Gasteiger partial charge in [-0.2, -0.15) is 0 Å². The number of phosphoric ester groups is 1. The Labute approximate surface area is 189 Å². The molecule has 0 aliphatic heterocycles. The maximum atomic E-state index is 11.5. The molecule has 1 unspecified atom stereocenters. The van der Waals surface area contributed by atoms with Crippen LogP contribution in [-0.2, 0) is 18.3 Å². The average Bonchev–Trinajstić information content (AvgIpc) is 2.76. The van der Waals surface area contributed by atoms with Crippen molar-refractivity contribution >= 4 is 7.82 Å². The monoisotopic (exact) mass is 463 g/mol. The Morgan fingerprint density at radius 2 is 1.48 bits per heavy atom. The molecule has 0 aromatic carbocycles. The normalized spacial score (nSPS) is 15.1. The number of nitrogens with two attached hydrogens (primary N) is 1. The lowest BCUT2D eigenvalue weighted by Gasteiger charge is -2.17. The molecule has 7 nitrogen and oxygen atoms in total. The number of phosphoric acid groups is 1. The number of hydrogen-bond donors (Lipinski definition) is 3. The van der Waals surface area contributed by atoms with Gasteiger partial charge in [-0.15, -0.1) is 0 Å². The van der Waals surface area contributed by atoms with Crippen LogP contribution in [0.15, 0.2) is 24.3 Å². The third-order valence-corrected chi connectivity index (χ3v) is 5.68. The molecule has 0 radical (unpaired) electrons. The smallest absolute Gasteiger partial charge is 0.394 e. The Morgan fingerprint density at radius 1 is 0.871 bits per heavy atom. The predicted molar refractivity (Wildman–Crippen MR) is 127 cm³/mol. The second kappa shape index (κ2) is 22.7. The lowest BCUT2D eigenvalue weighted by atomic mass is 10.1. The molecule has 0 saturated carbocycles. The lowest BCUT2D eigenvalue weighted by Crippen LogP contribution is -2.24. The molecule has 184 valence electrons. The molecule has 0 bridgehead atoms. The molecule has 0 aromatic rings. The van der Waals surface area contributed by atoms with Gasteiger partial charge in [0, 0.05) is 13.2 Å². The van der Waals surface area contributed by atoms with Gasteiger partial charge >= 0.3 is 7.82 Å². The summed E-state index contributed by atoms with van der Waals surface area (Å²) in [6.07, 6.45) is 22.6. The Balaban J connectivity index is 3.51. The number of rotatable bonds is 23. The van der Waals surface area contributed by atoms with Gasteiger partial charge in [-0.3, -0.25) is 9.05 Å². The predicted octanol–water partition coefficient (Wildman–Crippen LogP) is 5.27. The molecule has 0 rings (SSSR count). The molecule has 0 heterocycles. The molecule has 31 heavy (non-hydrogen) atoms. The van der Waals surface area contributed by atoms with Crippen molar-refractivity contribution in [1.29, 1.82) is 0 Å². The van der Waals surface area contributed by atoms with Crippen molar-refractivity contribution in [3.05, 3.63) is 24.3 Å². The minimum Gasteiger partial charge on any atom is -0.394 e. The molecule has 0 saturated heterocycles. The van der Waals surface area contributed by atoms with E-state index in [0.29, 0.717) is 6.61 Å². The van der Waals surface area contributed by atoms with Gasteiger partial charge in [0.05, 0.1) is 19.8 Å². The summed E-state index contributed by atoms with van der Waals surface area (Å²) in [4.78, 5) is 9.42. The summed E-state index contributed by atoms with van der Waals surface area (Å²) >= 11 is 0. The van der Waals surface area contributed by atoms with E-state index < -0.39 is 13.9 Å². The first-order valence-electron chi connectivity index (χ1n) is 11.9. The summed E-state index contributed by atoms with van der Waals surface area (Å²) in [6, 6.07) is 0. The molecular formula is C23H46NO6P. The zero-order valence-corrected chi connectivity index (χ0v) is 20.4. The SMILES string of the molecule is CCCCC/C=C\C/C=C\CCCCCCCCO[C@H](CO)COP(=O)(O)OCCN. The van der Waals surface area contributed by atoms with Crippen LogP contribution in [0.3, 0.4) is 0 Å². The van der Waals surface area contributed by atoms with Crippen molar-refractivity contribution in [2.75, 3.05) is 33.0 Å². The minimum absolute atomic E-state index is 0.0642. The van der Waals surface area contributed by atoms with Gasteiger partial charge in [-0.1, -0.05) is 69.8 Å². The molecule has 0 aliphatic rings. The van der Waals surface area contributed by atoms with Crippen molar-refractivity contribution in [3.63, 3.8) is 0 Å². The van der Waals surface area contributed by atoms with Gasteiger partial charge in [0.15, 0.2) is 0 Å². The Kier molecular flexibility index (Phi) is 22.3. The van der Waals surface area contributed by atoms with E-state index in [2.05, 4.69) is 35.8 Å². The van der Waals surface area contributed by atoms with Crippen LogP contribution in [-0.4, -0.2) is 49.1 Å². The Hall–Kier alpha value is -0.530. The first-order chi connectivity index (χ1) is 15.1. The number of unbranched alkanes of at least 4 members (excludes halogenated alkanes) is 9. The fourth-order valence-electron chi connectivity index (χ4n) is 2.88. The number of hydrogen-bond acceptors (Lipinski definition) is 6. The second-order valence-corrected chi connectivity index (χ2v) is 9.10. The van der Waals surface area contributed by atoms with Crippen LogP contribution >= 0.6 is 7.82 Å². The largest absolute Gasteiger partial charge is 0.472 e. The van der Waals surface area contributed by atoms with E-state index in [1.165, 1.54) is 44.9 Å². The fourth-order valence-corrected chi connectivity index (χ4v) is 3.64. The summed E-state index contributed by atoms with van der Waals surface area (Å²) in [7, 11) is -4.13. The Morgan fingerprint density at radius 3 is 2.10 bits per heavy atom. The molecule has 2 atom stereocenters. The van der Waals surface area contributed by atoms with Crippen LogP contribution < -0.4 is 5.73 Å². The lowest BCUT2D eigenvalue weighted by molar-refractivity contribution is -0.0224. The van der Waals surface area contributed by atoms with Crippen LogP contribution in [0.4, 0.5) is 0 Å². The van der Waals surface area contributed by atoms with Crippen molar-refractivity contribution in [3.8, 4) is 0 Å². The van der Waals surface area contributed by atoms with E-state index in [0.717, 1.165) is 32.1 Å². The van der Waals surface area contributed by atoms with E-state index in [1.54, 1.807) is 0 Å². The molecular weight excluding hydrogens is 417 g/mol. The van der Waals surface area contributed by atoms with Crippen LogP contribution in [0.25, 0.3) is 0 Å². The highest BCUT2D eigenvalue weighted by atomic mass is 31.2. The summed E-state index contributed by atoms with van der Waals surface area (Å²) < 4.78 is 26.5. The first kappa shape index (κ1) is 30.5. The number of aliphatic hydroxyl groups excluding tert-OH is 1. The quantitative estimate of drug-likeness (QED) is 0.107. The molecule has 0 fully saturated rings. The van der Waals surface area contributed by atoms with Crippen molar-refractivity contribution in [2.24, 2.45) is 5.73 Å². The van der Waals surface area contributed by atoms with Gasteiger partial charge in [-0.25, -0.2) is 4.57 Å². The minimum atomic E-state index is -4.13. The third-order valence-electron chi connectivity index (χ3n) is 4.70. The standard InChI is InChI=1S/C23H46NO6P/c1-2-3-4-5-6-7-8-9-10-11-12-13-14-15-16-17-19-28-23(21-25)22-30-31(26,27)29-20-18-24/h6-7,9-10,23,25H,2-5,8,11-22,24H2,1H3,(H,26,27)/b7-6-,10-9-/t23-/m1/s1. The highest BCUT2D eigenvalue weighted by Gasteiger charge is 2.23. The van der Waals surface area contributed by atoms with Crippen molar-refractivity contribution in [2.45, 2.75) is 90.1 Å². The summed E-state index contributed by atoms with van der Waals surface area (Å²) in [5, 5.41) is 9.29. The zero-order valence-electron chi connectivity index (χ0n) is 19.5. The maximum absolute atomic E-state index is 11.5. The molecule has 0 aromatic heterocycles. The number of ether oxygens (including phenoxy) is 1. The first-order valence-corrected chi connectivity index (χ1v) is 13.4. The van der Waals surface area contributed by atoms with Gasteiger partial charge in [0.2, 0.25) is 0 Å². The molecule has 8 heteroatoms. The van der Waals surface area contributed by atoms with Gasteiger partial charge < -0.3 is 20.5 Å². The van der Waals surface area contributed by atoms with E-state index >= 15 is 0 Å². The average molecular weight is 464 g/mol. The zero-order chi connectivity index (χ0) is 23.0. The van der Waals surface area contributed by atoms with Gasteiger partial charge in [0.1, 0.15) is 6.10 Å². The van der Waals surface area contributed by atoms with Crippen molar-refractivity contribution in [1.82, 2.24) is 0 Å². The van der Waals surface area contributed by atoms with Crippen LogP contribution in [0.5, 0.6) is 0 Å². The van der Waals surface area contributed by atoms with Gasteiger partial charge in [-0.05, 0) is 38.5 Å². The van der Waals surface area contributed by atoms with E-state index in [4.69, 9.17) is 15.0 Å². The van der Waals surface area contributed by atoms with E-state index in [9.17, 15) is 14.6 Å². The van der Waals surface area contributed by atoms with Crippen LogP contribution in [0.1, 0.15) is 84.0 Å². The Bertz CT molecular complexity index is 487. The van der Waals surface area contributed by atoms with Crippen molar-refractivity contribution < 1.29 is 28.3 Å². The summed E-state index contributed by atoms with van der Waals surface area (Å²) in [5.74, 6) is 0. The molecule has 4 N–H and O–H groups in total.